The van der Waals surface area contributed by atoms with E-state index in [2.05, 4.69) is 5.32 Å². The fourth-order valence-corrected chi connectivity index (χ4v) is 3.60. The van der Waals surface area contributed by atoms with Gasteiger partial charge in [0.15, 0.2) is 6.61 Å². The van der Waals surface area contributed by atoms with E-state index in [0.29, 0.717) is 28.0 Å². The lowest BCUT2D eigenvalue weighted by molar-refractivity contribution is -0.118. The Bertz CT molecular complexity index is 1320. The molecule has 156 valence electrons. The summed E-state index contributed by atoms with van der Waals surface area (Å²) in [4.78, 5) is 25.3. The van der Waals surface area contributed by atoms with E-state index in [9.17, 15) is 9.59 Å². The number of amides is 1. The van der Waals surface area contributed by atoms with Crippen molar-refractivity contribution in [2.24, 2.45) is 0 Å². The number of benzene rings is 3. The summed E-state index contributed by atoms with van der Waals surface area (Å²) in [6, 6.07) is 20.3. The van der Waals surface area contributed by atoms with Gasteiger partial charge in [0.2, 0.25) is 5.43 Å². The predicted molar refractivity (Wildman–Crippen MR) is 123 cm³/mol. The van der Waals surface area contributed by atoms with Crippen molar-refractivity contribution in [3.05, 3.63) is 93.8 Å². The second-order valence-corrected chi connectivity index (χ2v) is 7.54. The SMILES string of the molecule is Cc1ccc(NC(=O)COc2ccc3c(=O)c(-c4ccccc4)c(C)oc3c2)c(C)c1. The average Bonchev–Trinajstić information content (AvgIpc) is 2.75. The van der Waals surface area contributed by atoms with Gasteiger partial charge in [0.1, 0.15) is 17.1 Å². The minimum Gasteiger partial charge on any atom is -0.484 e. The van der Waals surface area contributed by atoms with Gasteiger partial charge < -0.3 is 14.5 Å². The molecule has 0 aliphatic heterocycles. The number of rotatable bonds is 5. The minimum absolute atomic E-state index is 0.0934. The first-order valence-corrected chi connectivity index (χ1v) is 10.0. The normalized spacial score (nSPS) is 10.8. The summed E-state index contributed by atoms with van der Waals surface area (Å²) < 4.78 is 11.5. The van der Waals surface area contributed by atoms with Gasteiger partial charge in [-0.1, -0.05) is 48.0 Å². The van der Waals surface area contributed by atoms with Crippen molar-refractivity contribution in [2.75, 3.05) is 11.9 Å². The largest absolute Gasteiger partial charge is 0.484 e. The van der Waals surface area contributed by atoms with Crippen molar-refractivity contribution in [2.45, 2.75) is 20.8 Å². The van der Waals surface area contributed by atoms with Crippen LogP contribution < -0.4 is 15.5 Å². The summed E-state index contributed by atoms with van der Waals surface area (Å²) >= 11 is 0. The van der Waals surface area contributed by atoms with Crippen molar-refractivity contribution in [1.29, 1.82) is 0 Å². The maximum absolute atomic E-state index is 13.0. The zero-order valence-corrected chi connectivity index (χ0v) is 17.7. The average molecular weight is 413 g/mol. The van der Waals surface area contributed by atoms with Crippen LogP contribution in [-0.2, 0) is 4.79 Å². The Hall–Kier alpha value is -3.86. The molecule has 0 saturated carbocycles. The smallest absolute Gasteiger partial charge is 0.262 e. The first-order chi connectivity index (χ1) is 14.9. The van der Waals surface area contributed by atoms with E-state index >= 15 is 0 Å². The molecule has 5 heteroatoms. The van der Waals surface area contributed by atoms with Gasteiger partial charge in [0.05, 0.1) is 10.9 Å². The molecule has 5 nitrogen and oxygen atoms in total. The van der Waals surface area contributed by atoms with E-state index in [1.807, 2.05) is 62.4 Å². The molecule has 0 spiro atoms. The molecule has 0 radical (unpaired) electrons. The van der Waals surface area contributed by atoms with E-state index in [1.165, 1.54) is 0 Å². The van der Waals surface area contributed by atoms with Gasteiger partial charge in [-0.15, -0.1) is 0 Å². The van der Waals surface area contributed by atoms with Crippen LogP contribution >= 0.6 is 0 Å². The zero-order chi connectivity index (χ0) is 22.0. The van der Waals surface area contributed by atoms with E-state index < -0.39 is 0 Å². The number of carbonyl (C=O) groups is 1. The lowest BCUT2D eigenvalue weighted by Gasteiger charge is -2.11. The summed E-state index contributed by atoms with van der Waals surface area (Å²) in [5, 5.41) is 3.32. The Kier molecular flexibility index (Phi) is 5.58. The Balaban J connectivity index is 1.53. The summed E-state index contributed by atoms with van der Waals surface area (Å²) in [6.45, 7) is 5.57. The molecule has 0 fully saturated rings. The fourth-order valence-electron chi connectivity index (χ4n) is 3.60. The van der Waals surface area contributed by atoms with Crippen LogP contribution in [0.4, 0.5) is 5.69 Å². The number of aryl methyl sites for hydroxylation is 3. The highest BCUT2D eigenvalue weighted by molar-refractivity contribution is 5.92. The molecule has 1 heterocycles. The Morgan fingerprint density at radius 2 is 1.74 bits per heavy atom. The van der Waals surface area contributed by atoms with Gasteiger partial charge in [-0.3, -0.25) is 9.59 Å². The van der Waals surface area contributed by atoms with Crippen LogP contribution in [-0.4, -0.2) is 12.5 Å². The fraction of sp³-hybridized carbons (Fsp3) is 0.154. The Labute approximate surface area is 180 Å². The maximum atomic E-state index is 13.0. The van der Waals surface area contributed by atoms with Crippen LogP contribution in [0.5, 0.6) is 5.75 Å². The lowest BCUT2D eigenvalue weighted by atomic mass is 10.0. The van der Waals surface area contributed by atoms with Gasteiger partial charge >= 0.3 is 0 Å². The molecule has 0 aliphatic rings. The van der Waals surface area contributed by atoms with Gasteiger partial charge in [-0.25, -0.2) is 0 Å². The second kappa shape index (κ2) is 8.48. The third-order valence-electron chi connectivity index (χ3n) is 5.13. The number of nitrogens with one attached hydrogen (secondary N) is 1. The van der Waals surface area contributed by atoms with E-state index in [4.69, 9.17) is 9.15 Å². The monoisotopic (exact) mass is 413 g/mol. The van der Waals surface area contributed by atoms with E-state index in [0.717, 1.165) is 22.4 Å². The van der Waals surface area contributed by atoms with Crippen LogP contribution in [0.2, 0.25) is 0 Å². The molecule has 0 bridgehead atoms. The van der Waals surface area contributed by atoms with Crippen LogP contribution in [0.3, 0.4) is 0 Å². The minimum atomic E-state index is -0.260. The molecule has 31 heavy (non-hydrogen) atoms. The molecular weight excluding hydrogens is 390 g/mol. The zero-order valence-electron chi connectivity index (χ0n) is 17.7. The Morgan fingerprint density at radius 1 is 0.968 bits per heavy atom. The van der Waals surface area contributed by atoms with E-state index in [-0.39, 0.29) is 17.9 Å². The van der Waals surface area contributed by atoms with Crippen molar-refractivity contribution in [1.82, 2.24) is 0 Å². The molecule has 1 N–H and O–H groups in total. The van der Waals surface area contributed by atoms with Gasteiger partial charge in [0, 0.05) is 11.8 Å². The molecule has 0 unspecified atom stereocenters. The highest BCUT2D eigenvalue weighted by atomic mass is 16.5. The number of hydrogen-bond donors (Lipinski definition) is 1. The molecule has 0 aliphatic carbocycles. The van der Waals surface area contributed by atoms with Crippen LogP contribution in [0, 0.1) is 20.8 Å². The molecule has 1 amide bonds. The summed E-state index contributed by atoms with van der Waals surface area (Å²) in [7, 11) is 0. The molecule has 4 aromatic rings. The number of fused-ring (bicyclic) bond motifs is 1. The van der Waals surface area contributed by atoms with Gasteiger partial charge in [-0.05, 0) is 50.1 Å². The van der Waals surface area contributed by atoms with Crippen molar-refractivity contribution in [3.63, 3.8) is 0 Å². The van der Waals surface area contributed by atoms with Crippen molar-refractivity contribution < 1.29 is 13.9 Å². The third-order valence-corrected chi connectivity index (χ3v) is 5.13. The number of anilines is 1. The van der Waals surface area contributed by atoms with Crippen molar-refractivity contribution >= 4 is 22.6 Å². The highest BCUT2D eigenvalue weighted by Crippen LogP contribution is 2.26. The number of carbonyl (C=O) groups excluding carboxylic acids is 1. The summed E-state index contributed by atoms with van der Waals surface area (Å²) in [5.41, 5.74) is 4.58. The topological polar surface area (TPSA) is 68.5 Å². The first kappa shape index (κ1) is 20.4. The molecule has 0 saturated heterocycles. The quantitative estimate of drug-likeness (QED) is 0.475. The first-order valence-electron chi connectivity index (χ1n) is 10.0. The summed E-state index contributed by atoms with van der Waals surface area (Å²) in [5.74, 6) is 0.732. The highest BCUT2D eigenvalue weighted by Gasteiger charge is 2.14. The molecular formula is C26H23NO4. The summed E-state index contributed by atoms with van der Waals surface area (Å²) in [6.07, 6.45) is 0. The van der Waals surface area contributed by atoms with E-state index in [1.54, 1.807) is 25.1 Å². The van der Waals surface area contributed by atoms with Crippen molar-refractivity contribution in [3.8, 4) is 16.9 Å². The van der Waals surface area contributed by atoms with Crippen LogP contribution in [0.15, 0.2) is 75.9 Å². The molecule has 0 atom stereocenters. The van der Waals surface area contributed by atoms with Gasteiger partial charge in [0.25, 0.3) is 5.91 Å². The second-order valence-electron chi connectivity index (χ2n) is 7.54. The van der Waals surface area contributed by atoms with Crippen LogP contribution in [0.25, 0.3) is 22.1 Å². The third kappa shape index (κ3) is 4.36. The molecule has 3 aromatic carbocycles. The predicted octanol–water partition coefficient (Wildman–Crippen LogP) is 5.40. The van der Waals surface area contributed by atoms with Gasteiger partial charge in [-0.2, -0.15) is 0 Å². The lowest BCUT2D eigenvalue weighted by Crippen LogP contribution is -2.20. The number of ether oxygens (including phenoxy) is 1. The number of hydrogen-bond acceptors (Lipinski definition) is 4. The molecule has 4 rings (SSSR count). The van der Waals surface area contributed by atoms with Crippen LogP contribution in [0.1, 0.15) is 16.9 Å². The molecule has 1 aromatic heterocycles. The standard InChI is InChI=1S/C26H23NO4/c1-16-9-12-22(17(2)13-16)27-24(28)15-30-20-10-11-21-23(14-20)31-18(3)25(26(21)29)19-7-5-4-6-8-19/h4-14H,15H2,1-3H3,(H,27,28). The maximum Gasteiger partial charge on any atom is 0.262 e. The Morgan fingerprint density at radius 3 is 2.48 bits per heavy atom.